The predicted molar refractivity (Wildman–Crippen MR) is 185 cm³/mol. The Bertz CT molecular complexity index is 1470. The normalized spacial score (nSPS) is 26.8. The van der Waals surface area contributed by atoms with Gasteiger partial charge in [-0.3, -0.25) is 18.8 Å². The summed E-state index contributed by atoms with van der Waals surface area (Å²) in [5.41, 5.74) is 1.39. The maximum absolute atomic E-state index is 14.3. The van der Waals surface area contributed by atoms with Crippen molar-refractivity contribution in [3.8, 4) is 0 Å². The first kappa shape index (κ1) is 37.0. The highest BCUT2D eigenvalue weighted by molar-refractivity contribution is 5.96. The number of Topliss-reactive ketones (excluding diaryl/α,β-unsaturated/α-hetero) is 1. The van der Waals surface area contributed by atoms with Gasteiger partial charge in [0.1, 0.15) is 11.3 Å². The summed E-state index contributed by atoms with van der Waals surface area (Å²) in [6.07, 6.45) is 7.78. The van der Waals surface area contributed by atoms with Crippen molar-refractivity contribution in [3.63, 3.8) is 0 Å². The third-order valence-electron chi connectivity index (χ3n) is 11.1. The second-order valence-electron chi connectivity index (χ2n) is 15.5. The number of fused-ring (bicyclic) bond motifs is 1. The molecule has 1 aliphatic heterocycles. The molecular weight excluding hydrogens is 627 g/mol. The van der Waals surface area contributed by atoms with Gasteiger partial charge in [0.05, 0.1) is 31.8 Å². The lowest BCUT2D eigenvalue weighted by Crippen LogP contribution is -2.48. The number of hydrogen-bond donors (Lipinski definition) is 1. The smallest absolute Gasteiger partial charge is 0.354 e. The second kappa shape index (κ2) is 16.2. The Balaban J connectivity index is 1.28. The van der Waals surface area contributed by atoms with E-state index in [1.165, 1.54) is 0 Å². The van der Waals surface area contributed by atoms with E-state index in [1.54, 1.807) is 40.9 Å². The number of ether oxygens (including phenoxy) is 3. The van der Waals surface area contributed by atoms with Crippen LogP contribution in [0.3, 0.4) is 0 Å². The van der Waals surface area contributed by atoms with E-state index in [9.17, 15) is 23.6 Å². The molecular formula is C39H55FN2O7. The molecule has 1 saturated heterocycles. The van der Waals surface area contributed by atoms with Gasteiger partial charge in [0.2, 0.25) is 5.91 Å². The molecule has 2 saturated carbocycles. The highest BCUT2D eigenvalue weighted by Crippen LogP contribution is 2.43. The first-order chi connectivity index (χ1) is 23.4. The molecule has 9 nitrogen and oxygen atoms in total. The molecule has 1 aromatic carbocycles. The molecule has 2 aliphatic carbocycles. The van der Waals surface area contributed by atoms with Gasteiger partial charge in [-0.25, -0.2) is 4.79 Å². The number of carbonyl (C=O) groups excluding carboxylic acids is 4. The number of amides is 1. The van der Waals surface area contributed by atoms with Gasteiger partial charge >= 0.3 is 11.9 Å². The lowest BCUT2D eigenvalue weighted by Gasteiger charge is -2.38. The van der Waals surface area contributed by atoms with Gasteiger partial charge in [0.25, 0.3) is 0 Å². The van der Waals surface area contributed by atoms with E-state index in [2.05, 4.69) is 4.98 Å². The van der Waals surface area contributed by atoms with Crippen molar-refractivity contribution >= 4 is 34.5 Å². The summed E-state index contributed by atoms with van der Waals surface area (Å²) < 4.78 is 30.3. The molecule has 10 heteroatoms. The molecule has 0 bridgehead atoms. The van der Waals surface area contributed by atoms with Crippen molar-refractivity contribution in [2.45, 2.75) is 116 Å². The van der Waals surface area contributed by atoms with Crippen molar-refractivity contribution in [3.05, 3.63) is 35.5 Å². The minimum Gasteiger partial charge on any atom is -0.461 e. The Morgan fingerprint density at radius 2 is 1.69 bits per heavy atom. The number of halogens is 1. The summed E-state index contributed by atoms with van der Waals surface area (Å²) in [6.45, 7) is 7.45. The number of nitrogens with one attached hydrogen (secondary N) is 1. The summed E-state index contributed by atoms with van der Waals surface area (Å²) in [7, 11) is 1.76. The van der Waals surface area contributed by atoms with E-state index in [0.29, 0.717) is 43.8 Å². The summed E-state index contributed by atoms with van der Waals surface area (Å²) >= 11 is 0. The zero-order valence-corrected chi connectivity index (χ0v) is 29.9. The van der Waals surface area contributed by atoms with Gasteiger partial charge in [-0.05, 0) is 127 Å². The number of likely N-dealkylation sites (tertiary alicyclic amines) is 1. The van der Waals surface area contributed by atoms with Gasteiger partial charge in [-0.2, -0.15) is 0 Å². The number of aromatic amines is 1. The number of methoxy groups -OCH3 is 1. The molecule has 0 spiro atoms. The lowest BCUT2D eigenvalue weighted by molar-refractivity contribution is -0.157. The molecule has 1 aromatic heterocycles. The maximum atomic E-state index is 14.3. The zero-order chi connectivity index (χ0) is 35.3. The minimum atomic E-state index is -0.616. The molecule has 49 heavy (non-hydrogen) atoms. The maximum Gasteiger partial charge on any atom is 0.354 e. The van der Waals surface area contributed by atoms with Crippen LogP contribution >= 0.6 is 0 Å². The third-order valence-corrected chi connectivity index (χ3v) is 11.1. The molecule has 3 fully saturated rings. The van der Waals surface area contributed by atoms with Crippen LogP contribution in [-0.2, 0) is 35.0 Å². The van der Waals surface area contributed by atoms with Crippen molar-refractivity contribution in [1.29, 1.82) is 0 Å². The zero-order valence-electron chi connectivity index (χ0n) is 29.9. The van der Waals surface area contributed by atoms with Crippen LogP contribution in [0.15, 0.2) is 24.3 Å². The number of ketones is 1. The SMILES string of the molecule is CCOC(=O)c1cc2cc(CC(=O)[C@H]3[C@@H](C4CCC(OC)CC4)CCN3C(=O)C3CCC([C@@H](CF)CC(=O)OC(C)(C)C)CC3)ccc2[nH]1. The lowest BCUT2D eigenvalue weighted by atomic mass is 9.73. The van der Waals surface area contributed by atoms with Crippen LogP contribution in [-0.4, -0.2) is 78.2 Å². The van der Waals surface area contributed by atoms with Crippen LogP contribution in [0.5, 0.6) is 0 Å². The van der Waals surface area contributed by atoms with Crippen LogP contribution in [0.4, 0.5) is 4.39 Å². The third kappa shape index (κ3) is 9.10. The summed E-state index contributed by atoms with van der Waals surface area (Å²) in [4.78, 5) is 58.2. The van der Waals surface area contributed by atoms with Gasteiger partial charge in [-0.1, -0.05) is 6.07 Å². The van der Waals surface area contributed by atoms with Crippen molar-refractivity contribution in [2.24, 2.45) is 29.6 Å². The predicted octanol–water partition coefficient (Wildman–Crippen LogP) is 7.00. The number of carbonyl (C=O) groups is 4. The molecule has 3 aliphatic rings. The number of hydrogen-bond acceptors (Lipinski definition) is 7. The quantitative estimate of drug-likeness (QED) is 0.240. The molecule has 270 valence electrons. The molecule has 5 rings (SSSR count). The average molecular weight is 683 g/mol. The van der Waals surface area contributed by atoms with E-state index >= 15 is 0 Å². The molecule has 2 aromatic rings. The fourth-order valence-corrected chi connectivity index (χ4v) is 8.66. The van der Waals surface area contributed by atoms with Crippen LogP contribution in [0.1, 0.15) is 108 Å². The van der Waals surface area contributed by atoms with E-state index in [4.69, 9.17) is 14.2 Å². The van der Waals surface area contributed by atoms with Gasteiger partial charge in [-0.15, -0.1) is 0 Å². The van der Waals surface area contributed by atoms with E-state index in [1.807, 2.05) is 23.1 Å². The number of benzene rings is 1. The number of esters is 2. The van der Waals surface area contributed by atoms with Crippen molar-refractivity contribution < 1.29 is 37.8 Å². The Labute approximate surface area is 290 Å². The Morgan fingerprint density at radius 1 is 0.980 bits per heavy atom. The van der Waals surface area contributed by atoms with Crippen LogP contribution in [0.2, 0.25) is 0 Å². The second-order valence-corrected chi connectivity index (χ2v) is 15.5. The van der Waals surface area contributed by atoms with Crippen LogP contribution in [0, 0.1) is 29.6 Å². The Hall–Kier alpha value is -3.27. The fraction of sp³-hybridized carbons (Fsp3) is 0.692. The fourth-order valence-electron chi connectivity index (χ4n) is 8.66. The first-order valence-electron chi connectivity index (χ1n) is 18.3. The van der Waals surface area contributed by atoms with Crippen molar-refractivity contribution in [1.82, 2.24) is 9.88 Å². The summed E-state index contributed by atoms with van der Waals surface area (Å²) in [6, 6.07) is 6.99. The van der Waals surface area contributed by atoms with E-state index < -0.39 is 30.2 Å². The monoisotopic (exact) mass is 682 g/mol. The summed E-state index contributed by atoms with van der Waals surface area (Å²) in [5.74, 6) is -0.866. The topological polar surface area (TPSA) is 115 Å². The molecule has 2 heterocycles. The molecule has 0 unspecified atom stereocenters. The highest BCUT2D eigenvalue weighted by atomic mass is 19.1. The van der Waals surface area contributed by atoms with Crippen LogP contribution < -0.4 is 0 Å². The standard InChI is InChI=1S/C39H55FN2O7/c1-6-48-38(46)33-21-28-19-24(7-16-32(28)41-33)20-34(43)36-31(26-12-14-30(47-5)15-13-26)17-18-42(36)37(45)27-10-8-25(9-11-27)29(23-40)22-35(44)49-39(2,3)4/h7,16,19,21,25-27,29-31,36,41H,6,8-15,17-18,20,22-23H2,1-5H3/t25?,26?,27?,29-,30?,31-,36-/m1/s1. The molecule has 0 radical (unpaired) electrons. The van der Waals surface area contributed by atoms with E-state index in [0.717, 1.165) is 48.6 Å². The largest absolute Gasteiger partial charge is 0.461 e. The van der Waals surface area contributed by atoms with E-state index in [-0.39, 0.29) is 61.0 Å². The number of nitrogens with zero attached hydrogens (tertiary/aromatic N) is 1. The van der Waals surface area contributed by atoms with Gasteiger partial charge in [0.15, 0.2) is 5.78 Å². The van der Waals surface area contributed by atoms with Gasteiger partial charge < -0.3 is 24.1 Å². The first-order valence-corrected chi connectivity index (χ1v) is 18.3. The number of alkyl halides is 1. The average Bonchev–Trinajstić information content (AvgIpc) is 3.71. The Morgan fingerprint density at radius 3 is 2.33 bits per heavy atom. The number of H-pyrrole nitrogens is 1. The highest BCUT2D eigenvalue weighted by Gasteiger charge is 2.47. The minimum absolute atomic E-state index is 0.0222. The van der Waals surface area contributed by atoms with Crippen molar-refractivity contribution in [2.75, 3.05) is 26.9 Å². The Kier molecular flexibility index (Phi) is 12.2. The molecule has 1 N–H and O–H groups in total. The molecule has 3 atom stereocenters. The molecule has 1 amide bonds. The van der Waals surface area contributed by atoms with Crippen LogP contribution in [0.25, 0.3) is 10.9 Å². The van der Waals surface area contributed by atoms with Gasteiger partial charge in [0, 0.05) is 42.8 Å². The number of aromatic nitrogens is 1. The summed E-state index contributed by atoms with van der Waals surface area (Å²) in [5, 5.41) is 0.831. The number of rotatable bonds is 12.